The van der Waals surface area contributed by atoms with Crippen LogP contribution in [0.2, 0.25) is 0 Å². The van der Waals surface area contributed by atoms with Crippen molar-refractivity contribution in [1.29, 1.82) is 0 Å². The summed E-state index contributed by atoms with van der Waals surface area (Å²) in [6, 6.07) is 9.59. The Morgan fingerprint density at radius 1 is 1.19 bits per heavy atom. The molecule has 0 aliphatic heterocycles. The van der Waals surface area contributed by atoms with E-state index in [4.69, 9.17) is 0 Å². The topological polar surface area (TPSA) is 24.9 Å². The molecule has 1 heterocycles. The van der Waals surface area contributed by atoms with Gasteiger partial charge in [-0.3, -0.25) is 0 Å². The van der Waals surface area contributed by atoms with Gasteiger partial charge in [0, 0.05) is 23.0 Å². The Kier molecular flexibility index (Phi) is 5.00. The highest BCUT2D eigenvalue weighted by atomic mass is 32.1. The molecule has 0 aliphatic carbocycles. The lowest BCUT2D eigenvalue weighted by molar-refractivity contribution is -0.127. The monoisotopic (exact) mass is 314 g/mol. The largest absolute Gasteiger partial charge is 0.395 e. The van der Waals surface area contributed by atoms with Crippen molar-refractivity contribution in [2.24, 2.45) is 0 Å². The quantitative estimate of drug-likeness (QED) is 0.884. The van der Waals surface area contributed by atoms with Crippen LogP contribution in [0.1, 0.15) is 23.7 Å². The van der Waals surface area contributed by atoms with Gasteiger partial charge in [0.25, 0.3) is 0 Å². The van der Waals surface area contributed by atoms with Crippen LogP contribution in [-0.4, -0.2) is 17.2 Å². The highest BCUT2D eigenvalue weighted by Crippen LogP contribution is 2.31. The Balaban J connectivity index is 2.31. The molecule has 21 heavy (non-hydrogen) atoms. The molecule has 0 saturated carbocycles. The summed E-state index contributed by atoms with van der Waals surface area (Å²) in [5.74, 6) is 0. The summed E-state index contributed by atoms with van der Waals surface area (Å²) in [4.78, 5) is 5.04. The van der Waals surface area contributed by atoms with E-state index < -0.39 is 12.6 Å². The highest BCUT2D eigenvalue weighted by Gasteiger charge is 2.30. The molecule has 0 saturated heterocycles. The van der Waals surface area contributed by atoms with Crippen LogP contribution >= 0.6 is 11.3 Å². The van der Waals surface area contributed by atoms with Gasteiger partial charge in [0.15, 0.2) is 0 Å². The van der Waals surface area contributed by atoms with Gasteiger partial charge in [-0.25, -0.2) is 4.98 Å². The summed E-state index contributed by atoms with van der Waals surface area (Å²) < 4.78 is 37.6. The molecular formula is C15H17F3N2S. The molecule has 2 nitrogen and oxygen atoms in total. The first-order valence-corrected chi connectivity index (χ1v) is 7.51. The minimum atomic E-state index is -4.23. The smallest absolute Gasteiger partial charge is 0.310 e. The lowest BCUT2D eigenvalue weighted by Crippen LogP contribution is -2.21. The summed E-state index contributed by atoms with van der Waals surface area (Å²) in [6.45, 7) is 4.52. The Morgan fingerprint density at radius 2 is 1.86 bits per heavy atom. The minimum Gasteiger partial charge on any atom is -0.310 e. The van der Waals surface area contributed by atoms with Gasteiger partial charge >= 0.3 is 6.18 Å². The Labute approximate surface area is 126 Å². The predicted octanol–water partition coefficient (Wildman–Crippen LogP) is 4.41. The van der Waals surface area contributed by atoms with Crippen LogP contribution in [0.15, 0.2) is 30.3 Å². The van der Waals surface area contributed by atoms with Crippen molar-refractivity contribution in [2.45, 2.75) is 39.0 Å². The van der Waals surface area contributed by atoms with E-state index in [0.29, 0.717) is 12.2 Å². The summed E-state index contributed by atoms with van der Waals surface area (Å²) in [7, 11) is 0. The number of benzene rings is 1. The normalized spacial score (nSPS) is 12.1. The van der Waals surface area contributed by atoms with Crippen LogP contribution in [0.4, 0.5) is 13.2 Å². The number of aromatic nitrogens is 1. The second kappa shape index (κ2) is 6.58. The van der Waals surface area contributed by atoms with E-state index in [1.165, 1.54) is 0 Å². The molecule has 0 bridgehead atoms. The molecule has 0 atom stereocenters. The Bertz CT molecular complexity index is 576. The van der Waals surface area contributed by atoms with E-state index in [2.05, 4.69) is 10.3 Å². The third-order valence-electron chi connectivity index (χ3n) is 2.81. The van der Waals surface area contributed by atoms with Gasteiger partial charge in [-0.05, 0) is 0 Å². The van der Waals surface area contributed by atoms with Gasteiger partial charge < -0.3 is 5.32 Å². The summed E-state index contributed by atoms with van der Waals surface area (Å²) >= 11 is 1.13. The van der Waals surface area contributed by atoms with Crippen molar-refractivity contribution in [3.8, 4) is 11.3 Å². The summed E-state index contributed by atoms with van der Waals surface area (Å²) in [5.41, 5.74) is 1.50. The average molecular weight is 314 g/mol. The first-order valence-electron chi connectivity index (χ1n) is 6.69. The fourth-order valence-corrected chi connectivity index (χ4v) is 2.96. The molecule has 0 radical (unpaired) electrons. The fourth-order valence-electron chi connectivity index (χ4n) is 1.89. The molecule has 2 rings (SSSR count). The van der Waals surface area contributed by atoms with Crippen molar-refractivity contribution in [3.63, 3.8) is 0 Å². The lowest BCUT2D eigenvalue weighted by atomic mass is 10.1. The van der Waals surface area contributed by atoms with E-state index in [9.17, 15) is 13.2 Å². The SMILES string of the molecule is CC(C)NCc1sc(CC(F)(F)F)nc1-c1ccccc1. The molecule has 114 valence electrons. The number of rotatable bonds is 5. The van der Waals surface area contributed by atoms with Gasteiger partial charge in [0.05, 0.1) is 12.1 Å². The zero-order valence-corrected chi connectivity index (χ0v) is 12.7. The number of alkyl halides is 3. The van der Waals surface area contributed by atoms with Crippen molar-refractivity contribution < 1.29 is 13.2 Å². The van der Waals surface area contributed by atoms with E-state index >= 15 is 0 Å². The van der Waals surface area contributed by atoms with E-state index in [1.807, 2.05) is 44.2 Å². The summed E-state index contributed by atoms with van der Waals surface area (Å²) in [6.07, 6.45) is -5.20. The summed E-state index contributed by atoms with van der Waals surface area (Å²) in [5, 5.41) is 3.35. The maximum atomic E-state index is 12.5. The molecule has 1 N–H and O–H groups in total. The fraction of sp³-hybridized carbons (Fsp3) is 0.400. The number of hydrogen-bond donors (Lipinski definition) is 1. The average Bonchev–Trinajstić information content (AvgIpc) is 2.78. The Hall–Kier alpha value is -1.40. The zero-order valence-electron chi connectivity index (χ0n) is 11.9. The van der Waals surface area contributed by atoms with Crippen LogP contribution in [-0.2, 0) is 13.0 Å². The second-order valence-corrected chi connectivity index (χ2v) is 6.24. The van der Waals surface area contributed by atoms with Crippen LogP contribution in [0.5, 0.6) is 0 Å². The molecule has 0 spiro atoms. The maximum Gasteiger partial charge on any atom is 0.395 e. The first-order chi connectivity index (χ1) is 9.85. The third kappa shape index (κ3) is 4.82. The van der Waals surface area contributed by atoms with Crippen LogP contribution < -0.4 is 5.32 Å². The van der Waals surface area contributed by atoms with Gasteiger partial charge in [0.2, 0.25) is 0 Å². The third-order valence-corrected chi connectivity index (χ3v) is 3.87. The number of nitrogens with zero attached hydrogens (tertiary/aromatic N) is 1. The highest BCUT2D eigenvalue weighted by molar-refractivity contribution is 7.12. The molecule has 6 heteroatoms. The van der Waals surface area contributed by atoms with Crippen LogP contribution in [0.25, 0.3) is 11.3 Å². The van der Waals surface area contributed by atoms with Gasteiger partial charge in [-0.1, -0.05) is 44.2 Å². The van der Waals surface area contributed by atoms with E-state index in [0.717, 1.165) is 21.8 Å². The zero-order chi connectivity index (χ0) is 15.5. The molecule has 2 aromatic rings. The predicted molar refractivity (Wildman–Crippen MR) is 79.3 cm³/mol. The molecule has 1 aromatic heterocycles. The molecule has 0 aliphatic rings. The number of halogens is 3. The minimum absolute atomic E-state index is 0.113. The van der Waals surface area contributed by atoms with Crippen molar-refractivity contribution in [2.75, 3.05) is 0 Å². The molecule has 0 amide bonds. The van der Waals surface area contributed by atoms with Crippen molar-refractivity contribution in [3.05, 3.63) is 40.2 Å². The lowest BCUT2D eigenvalue weighted by Gasteiger charge is -2.07. The number of hydrogen-bond acceptors (Lipinski definition) is 3. The standard InChI is InChI=1S/C15H17F3N2S/c1-10(2)19-9-12-14(11-6-4-3-5-7-11)20-13(21-12)8-15(16,17)18/h3-7,10,19H,8-9H2,1-2H3. The molecule has 0 unspecified atom stereocenters. The van der Waals surface area contributed by atoms with E-state index in [-0.39, 0.29) is 11.0 Å². The van der Waals surface area contributed by atoms with Gasteiger partial charge in [-0.2, -0.15) is 13.2 Å². The van der Waals surface area contributed by atoms with Gasteiger partial charge in [0.1, 0.15) is 5.01 Å². The van der Waals surface area contributed by atoms with Gasteiger partial charge in [-0.15, -0.1) is 11.3 Å². The van der Waals surface area contributed by atoms with Crippen LogP contribution in [0.3, 0.4) is 0 Å². The van der Waals surface area contributed by atoms with Crippen molar-refractivity contribution >= 4 is 11.3 Å². The number of nitrogens with one attached hydrogen (secondary N) is 1. The first kappa shape index (κ1) is 16.0. The number of thiazole rings is 1. The molecular weight excluding hydrogens is 297 g/mol. The molecule has 0 fully saturated rings. The molecule has 1 aromatic carbocycles. The van der Waals surface area contributed by atoms with Crippen LogP contribution in [0, 0.1) is 0 Å². The van der Waals surface area contributed by atoms with E-state index in [1.54, 1.807) is 0 Å². The Morgan fingerprint density at radius 3 is 2.43 bits per heavy atom. The van der Waals surface area contributed by atoms with Crippen molar-refractivity contribution in [1.82, 2.24) is 10.3 Å². The second-order valence-electron chi connectivity index (χ2n) is 5.07. The maximum absolute atomic E-state index is 12.5.